The van der Waals surface area contributed by atoms with E-state index in [-0.39, 0.29) is 11.3 Å². The number of allylic oxidation sites excluding steroid dienone is 1. The molecule has 0 saturated carbocycles. The van der Waals surface area contributed by atoms with Gasteiger partial charge in [0.2, 0.25) is 0 Å². The summed E-state index contributed by atoms with van der Waals surface area (Å²) in [6.07, 6.45) is -10.00. The van der Waals surface area contributed by atoms with Gasteiger partial charge in [0.1, 0.15) is 24.2 Å². The summed E-state index contributed by atoms with van der Waals surface area (Å²) < 4.78 is 259. The molecule has 388 valence electrons. The molecule has 0 saturated heterocycles. The molecule has 0 aliphatic carbocycles. The molecule has 2 aromatic carbocycles. The van der Waals surface area contributed by atoms with E-state index in [9.17, 15) is 75.4 Å². The quantitative estimate of drug-likeness (QED) is 0.0227. The highest BCUT2D eigenvalue weighted by Gasteiger charge is 2.95. The number of amides is 2. The summed E-state index contributed by atoms with van der Waals surface area (Å²) in [4.78, 5) is 24.7. The zero-order chi connectivity index (χ0) is 52.7. The average Bonchev–Trinajstić information content (AvgIpc) is 3.24. The molecule has 0 fully saturated rings. The first-order valence-corrected chi connectivity index (χ1v) is 22.4. The van der Waals surface area contributed by atoms with Crippen LogP contribution in [0, 0.1) is 5.92 Å². The number of alkyl halides is 17. The number of nitrogens with one attached hydrogen (secondary N) is 2. The summed E-state index contributed by atoms with van der Waals surface area (Å²) in [6.45, 7) is 7.49. The van der Waals surface area contributed by atoms with Crippen LogP contribution in [0.15, 0.2) is 60.2 Å². The Bertz CT molecular complexity index is 1990. The minimum absolute atomic E-state index is 0.117. The van der Waals surface area contributed by atoms with Crippen molar-refractivity contribution in [3.05, 3.63) is 65.7 Å². The molecule has 2 rings (SSSR count). The van der Waals surface area contributed by atoms with E-state index in [1.165, 1.54) is 71.5 Å². The molecule has 0 unspecified atom stereocenters. The number of hydrogen-bond acceptors (Lipinski definition) is 7. The summed E-state index contributed by atoms with van der Waals surface area (Å²) in [6, 6.07) is 10.7. The van der Waals surface area contributed by atoms with E-state index in [4.69, 9.17) is 23.8 Å². The van der Waals surface area contributed by atoms with Crippen molar-refractivity contribution in [2.75, 3.05) is 25.6 Å². The molecule has 9 nitrogen and oxygen atoms in total. The van der Waals surface area contributed by atoms with Crippen molar-refractivity contribution >= 4 is 26.0 Å². The van der Waals surface area contributed by atoms with Gasteiger partial charge in [0.15, 0.2) is 8.32 Å². The van der Waals surface area contributed by atoms with Gasteiger partial charge in [0, 0.05) is 17.7 Å². The summed E-state index contributed by atoms with van der Waals surface area (Å²) in [7, 11) is -2.58. The van der Waals surface area contributed by atoms with Gasteiger partial charge < -0.3 is 18.6 Å². The molecule has 0 aliphatic rings. The highest BCUT2D eigenvalue weighted by molar-refractivity contribution is 6.76. The first-order chi connectivity index (χ1) is 30.9. The highest BCUT2D eigenvalue weighted by atomic mass is 28.4. The monoisotopic (exact) mass is 1030 g/mol. The van der Waals surface area contributed by atoms with Gasteiger partial charge in [-0.3, -0.25) is 15.3 Å². The van der Waals surface area contributed by atoms with Crippen LogP contribution in [0.4, 0.5) is 85.1 Å². The van der Waals surface area contributed by atoms with Gasteiger partial charge in [-0.15, -0.1) is 0 Å². The van der Waals surface area contributed by atoms with Crippen LogP contribution in [0.2, 0.25) is 17.1 Å². The number of halogens is 17. The van der Waals surface area contributed by atoms with E-state index in [2.05, 4.69) is 5.32 Å². The Labute approximate surface area is 379 Å². The lowest BCUT2D eigenvalue weighted by molar-refractivity contribution is -0.461. The molecule has 0 aliphatic heterocycles. The number of methoxy groups -OCH3 is 1. The van der Waals surface area contributed by atoms with Gasteiger partial charge in [-0.1, -0.05) is 52.8 Å². The Morgan fingerprint density at radius 1 is 0.676 bits per heavy atom. The number of hydrogen-bond donors (Lipinski definition) is 3. The Balaban J connectivity index is 2.30. The largest absolute Gasteiger partial charge is 0.497 e. The van der Waals surface area contributed by atoms with Gasteiger partial charge >= 0.3 is 53.7 Å². The normalized spacial score (nSPS) is 15.0. The summed E-state index contributed by atoms with van der Waals surface area (Å²) in [5, 5.41) is 11.4. The maximum atomic E-state index is 15.0. The number of carbonyl (C=O) groups is 2. The fourth-order valence-corrected chi connectivity index (χ4v) is 11.3. The van der Waals surface area contributed by atoms with Crippen molar-refractivity contribution in [2.45, 2.75) is 132 Å². The summed E-state index contributed by atoms with van der Waals surface area (Å²) in [5.74, 6) is -57.4. The van der Waals surface area contributed by atoms with Crippen LogP contribution < -0.4 is 20.3 Å². The lowest BCUT2D eigenvalue weighted by Gasteiger charge is -2.44. The zero-order valence-electron chi connectivity index (χ0n) is 37.1. The van der Waals surface area contributed by atoms with Crippen LogP contribution in [-0.4, -0.2) is 93.5 Å². The first-order valence-electron chi connectivity index (χ1n) is 20.2. The topological polar surface area (TPSA) is 115 Å². The molecule has 0 heterocycles. The second-order valence-corrected chi connectivity index (χ2v) is 21.2. The third kappa shape index (κ3) is 12.2. The molecule has 2 atom stereocenters. The highest BCUT2D eigenvalue weighted by Crippen LogP contribution is 2.64. The van der Waals surface area contributed by atoms with E-state index in [1.54, 1.807) is 37.3 Å². The van der Waals surface area contributed by atoms with Crippen molar-refractivity contribution in [1.82, 2.24) is 5.48 Å². The van der Waals surface area contributed by atoms with Crippen molar-refractivity contribution in [3.63, 3.8) is 0 Å². The second kappa shape index (κ2) is 22.0. The van der Waals surface area contributed by atoms with E-state index < -0.39 is 117 Å². The molecular weight excluding hydrogens is 984 g/mol. The third-order valence-electron chi connectivity index (χ3n) is 11.1. The predicted octanol–water partition coefficient (Wildman–Crippen LogP) is 13.4. The number of carbonyl (C=O) groups excluding carboxylic acids is 2. The minimum atomic E-state index is -8.71. The van der Waals surface area contributed by atoms with Gasteiger partial charge in [0.25, 0.3) is 5.91 Å². The van der Waals surface area contributed by atoms with E-state index in [0.717, 1.165) is 0 Å². The maximum Gasteiger partial charge on any atom is 0.460 e. The van der Waals surface area contributed by atoms with Crippen molar-refractivity contribution in [3.8, 4) is 11.5 Å². The van der Waals surface area contributed by atoms with Gasteiger partial charge in [0.05, 0.1) is 13.7 Å². The summed E-state index contributed by atoms with van der Waals surface area (Å²) >= 11 is 0. The molecule has 68 heavy (non-hydrogen) atoms. The number of hydroxylamine groups is 1. The molecular formula is C41H49F17N2O7Si. The SMILES string of the molecule is COc1ccc(NC(=O)O[C@@H](c2ccc(OCCO[Si](CCC(F)(F)C(F)(F)C(F)(F)C(F)(F)C(F)(F)C(F)(F)C(F)(F)C(F)(F)F)(C(C)C)C(C)C)cc2)[C@H](C)CC/C=C(\C)C(=O)NO)cc1. The van der Waals surface area contributed by atoms with Gasteiger partial charge in [-0.25, -0.2) is 10.3 Å². The molecule has 0 radical (unpaired) electrons. The van der Waals surface area contributed by atoms with E-state index in [0.29, 0.717) is 29.8 Å². The van der Waals surface area contributed by atoms with Crippen molar-refractivity contribution in [2.24, 2.45) is 5.92 Å². The van der Waals surface area contributed by atoms with Crippen molar-refractivity contribution < 1.29 is 108 Å². The molecule has 0 spiro atoms. The van der Waals surface area contributed by atoms with Crippen LogP contribution >= 0.6 is 0 Å². The zero-order valence-corrected chi connectivity index (χ0v) is 38.1. The lowest BCUT2D eigenvalue weighted by atomic mass is 9.88. The van der Waals surface area contributed by atoms with E-state index in [1.807, 2.05) is 0 Å². The maximum absolute atomic E-state index is 15.0. The number of anilines is 1. The standard InChI is InChI=1S/C41H49F17N2O7Si/c1-23(2)68(24(3)4,22-19-34(42,43)35(44,45)36(46,47)37(48,49)38(50,51)39(52,53)40(54,55)41(56,57)58)66-21-20-65-30-15-11-27(12-16-30)31(25(5)9-8-10-26(6)32(61)60-63)67-33(62)59-28-13-17-29(64-7)18-14-28/h10-18,23-25,31,63H,8-9,19-22H2,1-7H3,(H,59,62)(H,60,61)/b26-10+/t25-,31-/m1/s1. The predicted molar refractivity (Wildman–Crippen MR) is 212 cm³/mol. The smallest absolute Gasteiger partial charge is 0.460 e. The number of benzene rings is 2. The molecule has 0 aromatic heterocycles. The first kappa shape index (κ1) is 59.6. The minimum Gasteiger partial charge on any atom is -0.497 e. The number of ether oxygens (including phenoxy) is 3. The Morgan fingerprint density at radius 2 is 1.15 bits per heavy atom. The van der Waals surface area contributed by atoms with Gasteiger partial charge in [-0.05, 0) is 84.8 Å². The molecule has 3 N–H and O–H groups in total. The van der Waals surface area contributed by atoms with Crippen LogP contribution in [0.1, 0.15) is 72.5 Å². The number of rotatable bonds is 25. The second-order valence-electron chi connectivity index (χ2n) is 16.2. The fraction of sp³-hybridized carbons (Fsp3) is 0.610. The molecule has 27 heteroatoms. The van der Waals surface area contributed by atoms with Crippen LogP contribution in [0.5, 0.6) is 11.5 Å². The van der Waals surface area contributed by atoms with Gasteiger partial charge in [-0.2, -0.15) is 74.6 Å². The Kier molecular flexibility index (Phi) is 19.3. The fourth-order valence-electron chi connectivity index (χ4n) is 6.84. The molecule has 0 bridgehead atoms. The van der Waals surface area contributed by atoms with E-state index >= 15 is 8.78 Å². The Morgan fingerprint density at radius 3 is 1.60 bits per heavy atom. The lowest BCUT2D eigenvalue weighted by Crippen LogP contribution is -2.74. The van der Waals surface area contributed by atoms with Crippen LogP contribution in [0.25, 0.3) is 0 Å². The Hall–Kier alpha value is -4.53. The van der Waals surface area contributed by atoms with Crippen LogP contribution in [0.3, 0.4) is 0 Å². The van der Waals surface area contributed by atoms with Crippen molar-refractivity contribution in [1.29, 1.82) is 0 Å². The molecule has 2 aromatic rings. The third-order valence-corrected chi connectivity index (χ3v) is 16.8. The molecule has 2 amide bonds. The van der Waals surface area contributed by atoms with Crippen LogP contribution in [-0.2, 0) is 14.0 Å². The average molecular weight is 1030 g/mol. The summed E-state index contributed by atoms with van der Waals surface area (Å²) in [5.41, 5.74) is 0.710.